The van der Waals surface area contributed by atoms with E-state index in [1.54, 1.807) is 0 Å². The van der Waals surface area contributed by atoms with E-state index in [1.165, 1.54) is 6.92 Å². The van der Waals surface area contributed by atoms with Crippen LogP contribution in [0.25, 0.3) is 0 Å². The highest BCUT2D eigenvalue weighted by molar-refractivity contribution is 6.04. The van der Waals surface area contributed by atoms with Gasteiger partial charge >= 0.3 is 5.97 Å². The molecule has 0 aliphatic carbocycles. The van der Waals surface area contributed by atoms with Crippen molar-refractivity contribution < 1.29 is 28.7 Å². The molecule has 8 heteroatoms. The summed E-state index contributed by atoms with van der Waals surface area (Å²) in [4.78, 5) is 33.2. The lowest BCUT2D eigenvalue weighted by atomic mass is 9.93. The van der Waals surface area contributed by atoms with Gasteiger partial charge in [-0.05, 0) is 19.9 Å². The maximum Gasteiger partial charge on any atom is 0.321 e. The molecular formula is C12H12FNO6. The summed E-state index contributed by atoms with van der Waals surface area (Å²) >= 11 is 0. The number of halogens is 1. The molecule has 1 N–H and O–H groups in total. The number of carbonyl (C=O) groups is 2. The monoisotopic (exact) mass is 285 g/mol. The van der Waals surface area contributed by atoms with E-state index < -0.39 is 45.4 Å². The number of carbonyl (C=O) groups excluding carboxylic acids is 2. The molecule has 20 heavy (non-hydrogen) atoms. The summed E-state index contributed by atoms with van der Waals surface area (Å²) < 4.78 is 18.5. The number of ketones is 1. The van der Waals surface area contributed by atoms with Crippen LogP contribution in [-0.4, -0.2) is 28.4 Å². The smallest absolute Gasteiger partial charge is 0.321 e. The molecule has 0 heterocycles. The largest absolute Gasteiger partial charge is 0.505 e. The van der Waals surface area contributed by atoms with Crippen LogP contribution < -0.4 is 0 Å². The average molecular weight is 285 g/mol. The van der Waals surface area contributed by atoms with Gasteiger partial charge in [-0.15, -0.1) is 0 Å². The van der Waals surface area contributed by atoms with E-state index in [4.69, 9.17) is 0 Å². The molecule has 0 saturated heterocycles. The van der Waals surface area contributed by atoms with Gasteiger partial charge in [-0.3, -0.25) is 19.7 Å². The quantitative estimate of drug-likeness (QED) is 0.381. The van der Waals surface area contributed by atoms with Gasteiger partial charge in [-0.1, -0.05) is 0 Å². The Kier molecular flexibility index (Phi) is 4.73. The van der Waals surface area contributed by atoms with Crippen LogP contribution >= 0.6 is 0 Å². The molecule has 1 unspecified atom stereocenters. The van der Waals surface area contributed by atoms with Gasteiger partial charge in [0.1, 0.15) is 11.7 Å². The lowest BCUT2D eigenvalue weighted by Gasteiger charge is -2.14. The van der Waals surface area contributed by atoms with E-state index in [2.05, 4.69) is 4.74 Å². The number of nitrogens with zero attached hydrogens (tertiary/aromatic N) is 1. The zero-order valence-electron chi connectivity index (χ0n) is 10.8. The van der Waals surface area contributed by atoms with Crippen molar-refractivity contribution in [2.75, 3.05) is 6.61 Å². The Labute approximate surface area is 113 Å². The highest BCUT2D eigenvalue weighted by Crippen LogP contribution is 2.35. The number of hydrogen-bond acceptors (Lipinski definition) is 6. The summed E-state index contributed by atoms with van der Waals surface area (Å²) in [6, 6.07) is 1.60. The third-order valence-electron chi connectivity index (χ3n) is 2.55. The van der Waals surface area contributed by atoms with E-state index in [-0.39, 0.29) is 6.61 Å². The van der Waals surface area contributed by atoms with Gasteiger partial charge in [-0.25, -0.2) is 4.39 Å². The van der Waals surface area contributed by atoms with E-state index in [0.717, 1.165) is 19.1 Å². The van der Waals surface area contributed by atoms with E-state index >= 15 is 0 Å². The van der Waals surface area contributed by atoms with Crippen molar-refractivity contribution in [1.29, 1.82) is 0 Å². The first-order chi connectivity index (χ1) is 9.31. The third kappa shape index (κ3) is 2.90. The molecule has 0 bridgehead atoms. The Morgan fingerprint density at radius 3 is 2.55 bits per heavy atom. The van der Waals surface area contributed by atoms with Crippen LogP contribution in [0.3, 0.4) is 0 Å². The van der Waals surface area contributed by atoms with Gasteiger partial charge in [0.15, 0.2) is 11.6 Å². The average Bonchev–Trinajstić information content (AvgIpc) is 2.34. The topological polar surface area (TPSA) is 107 Å². The molecule has 0 amide bonds. The number of ether oxygens (including phenoxy) is 1. The third-order valence-corrected chi connectivity index (χ3v) is 2.55. The van der Waals surface area contributed by atoms with Crippen molar-refractivity contribution >= 4 is 17.4 Å². The molecule has 1 atom stereocenters. The Hall–Kier alpha value is -2.51. The normalized spacial score (nSPS) is 11.8. The number of rotatable bonds is 5. The molecular weight excluding hydrogens is 273 g/mol. The number of phenols is 1. The second-order valence-corrected chi connectivity index (χ2v) is 3.88. The minimum atomic E-state index is -1.79. The second kappa shape index (κ2) is 6.09. The highest BCUT2D eigenvalue weighted by Gasteiger charge is 2.37. The first-order valence-corrected chi connectivity index (χ1v) is 5.64. The number of esters is 1. The summed E-state index contributed by atoms with van der Waals surface area (Å²) in [5, 5.41) is 20.2. The fraction of sp³-hybridized carbons (Fsp3) is 0.333. The van der Waals surface area contributed by atoms with E-state index in [1.807, 2.05) is 0 Å². The number of Topliss-reactive ketones (excluding diaryl/α,β-unsaturated/α-hetero) is 1. The first-order valence-electron chi connectivity index (χ1n) is 5.64. The van der Waals surface area contributed by atoms with Crippen molar-refractivity contribution in [2.24, 2.45) is 0 Å². The van der Waals surface area contributed by atoms with Crippen molar-refractivity contribution in [2.45, 2.75) is 19.8 Å². The summed E-state index contributed by atoms with van der Waals surface area (Å²) in [7, 11) is 0. The van der Waals surface area contributed by atoms with Gasteiger partial charge in [0.05, 0.1) is 17.1 Å². The van der Waals surface area contributed by atoms with Gasteiger partial charge in [-0.2, -0.15) is 0 Å². The lowest BCUT2D eigenvalue weighted by molar-refractivity contribution is -0.385. The molecule has 0 radical (unpaired) electrons. The number of nitro groups is 1. The summed E-state index contributed by atoms with van der Waals surface area (Å²) in [6.07, 6.45) is 0. The number of hydrogen-bond donors (Lipinski definition) is 1. The minimum Gasteiger partial charge on any atom is -0.505 e. The van der Waals surface area contributed by atoms with Crippen LogP contribution in [0.2, 0.25) is 0 Å². The zero-order chi connectivity index (χ0) is 15.4. The Bertz CT molecular complexity index is 571. The molecule has 108 valence electrons. The Balaban J connectivity index is 3.54. The molecule has 0 aliphatic rings. The van der Waals surface area contributed by atoms with Gasteiger partial charge in [0.25, 0.3) is 5.69 Å². The molecule has 1 rings (SSSR count). The number of phenolic OH excluding ortho intramolecular Hbond substituents is 1. The molecule has 7 nitrogen and oxygen atoms in total. The van der Waals surface area contributed by atoms with Crippen LogP contribution in [0.15, 0.2) is 12.1 Å². The van der Waals surface area contributed by atoms with E-state index in [9.17, 15) is 29.2 Å². The predicted octanol–water partition coefficient (Wildman–Crippen LogP) is 1.68. The van der Waals surface area contributed by atoms with Crippen LogP contribution in [-0.2, 0) is 14.3 Å². The summed E-state index contributed by atoms with van der Waals surface area (Å²) in [6.45, 7) is 2.38. The fourth-order valence-electron chi connectivity index (χ4n) is 1.72. The second-order valence-electron chi connectivity index (χ2n) is 3.88. The van der Waals surface area contributed by atoms with Crippen molar-refractivity contribution in [3.63, 3.8) is 0 Å². The van der Waals surface area contributed by atoms with Crippen LogP contribution in [0.5, 0.6) is 5.75 Å². The molecule has 0 saturated carbocycles. The minimum absolute atomic E-state index is 0.0726. The molecule has 0 aliphatic heterocycles. The zero-order valence-corrected chi connectivity index (χ0v) is 10.8. The first kappa shape index (κ1) is 15.5. The van der Waals surface area contributed by atoms with Crippen LogP contribution in [0.1, 0.15) is 25.3 Å². The fourth-order valence-corrected chi connectivity index (χ4v) is 1.72. The molecule has 1 aromatic carbocycles. The van der Waals surface area contributed by atoms with Crippen molar-refractivity contribution in [1.82, 2.24) is 0 Å². The van der Waals surface area contributed by atoms with Gasteiger partial charge in [0.2, 0.25) is 0 Å². The molecule has 0 spiro atoms. The maximum atomic E-state index is 13.9. The SMILES string of the molecule is CCOC(=O)C(C(C)=O)c1c([N+](=O)[O-])ccc(O)c1F. The van der Waals surface area contributed by atoms with Crippen LogP contribution in [0.4, 0.5) is 10.1 Å². The number of nitro benzene ring substituents is 1. The van der Waals surface area contributed by atoms with Gasteiger partial charge < -0.3 is 9.84 Å². The maximum absolute atomic E-state index is 13.9. The lowest BCUT2D eigenvalue weighted by Crippen LogP contribution is -2.24. The Morgan fingerprint density at radius 1 is 1.50 bits per heavy atom. The number of aromatic hydroxyl groups is 1. The highest BCUT2D eigenvalue weighted by atomic mass is 19.1. The molecule has 1 aromatic rings. The summed E-state index contributed by atoms with van der Waals surface area (Å²) in [5.74, 6) is -5.99. The molecule has 0 fully saturated rings. The van der Waals surface area contributed by atoms with E-state index in [0.29, 0.717) is 0 Å². The predicted molar refractivity (Wildman–Crippen MR) is 64.8 cm³/mol. The van der Waals surface area contributed by atoms with Crippen molar-refractivity contribution in [3.8, 4) is 5.75 Å². The number of benzene rings is 1. The van der Waals surface area contributed by atoms with Gasteiger partial charge in [0, 0.05) is 6.07 Å². The van der Waals surface area contributed by atoms with Crippen molar-refractivity contribution in [3.05, 3.63) is 33.6 Å². The van der Waals surface area contributed by atoms with Crippen LogP contribution in [0, 0.1) is 15.9 Å². The summed E-state index contributed by atoms with van der Waals surface area (Å²) in [5.41, 5.74) is -1.56. The molecule has 0 aromatic heterocycles. The Morgan fingerprint density at radius 2 is 2.10 bits per heavy atom. The standard InChI is InChI=1S/C12H12FNO6/c1-3-20-12(17)9(6(2)15)10-7(14(18)19)4-5-8(16)11(10)13/h4-5,9,16H,3H2,1-2H3.